The third kappa shape index (κ3) is 6.35. The summed E-state index contributed by atoms with van der Waals surface area (Å²) in [5, 5.41) is 12.6. The lowest BCUT2D eigenvalue weighted by Gasteiger charge is -2.29. The van der Waals surface area contributed by atoms with E-state index in [1.165, 1.54) is 6.42 Å². The molecule has 0 radical (unpaired) electrons. The first kappa shape index (κ1) is 22.9. The highest BCUT2D eigenvalue weighted by Crippen LogP contribution is 2.30. The molecular formula is C25H27BrN2O3. The van der Waals surface area contributed by atoms with Gasteiger partial charge in [-0.05, 0) is 60.2 Å². The minimum absolute atomic E-state index is 0.0864. The number of ether oxygens (including phenoxy) is 2. The molecule has 1 N–H and O–H groups in total. The third-order valence-corrected chi connectivity index (χ3v) is 6.13. The van der Waals surface area contributed by atoms with Crippen LogP contribution in [-0.2, 0) is 11.4 Å². The van der Waals surface area contributed by atoms with Crippen LogP contribution in [0, 0.1) is 17.2 Å². The Bertz CT molecular complexity index is 979. The highest BCUT2D eigenvalue weighted by Gasteiger charge is 2.24. The Morgan fingerprint density at radius 2 is 1.94 bits per heavy atom. The molecule has 2 aromatic carbocycles. The molecule has 162 valence electrons. The molecule has 1 aliphatic carbocycles. The average molecular weight is 483 g/mol. The van der Waals surface area contributed by atoms with Gasteiger partial charge in [-0.2, -0.15) is 5.26 Å². The zero-order valence-corrected chi connectivity index (χ0v) is 19.4. The number of nitriles is 1. The molecule has 0 bridgehead atoms. The van der Waals surface area contributed by atoms with Crippen LogP contribution >= 0.6 is 15.9 Å². The summed E-state index contributed by atoms with van der Waals surface area (Å²) in [6.07, 6.45) is 5.97. The molecular weight excluding hydrogens is 456 g/mol. The molecule has 0 spiro atoms. The number of methoxy groups -OCH3 is 1. The lowest BCUT2D eigenvalue weighted by molar-refractivity contribution is -0.118. The number of benzene rings is 2. The maximum atomic E-state index is 12.6. The fraction of sp³-hybridized carbons (Fsp3) is 0.360. The van der Waals surface area contributed by atoms with Crippen molar-refractivity contribution in [3.63, 3.8) is 0 Å². The Labute approximate surface area is 192 Å². The van der Waals surface area contributed by atoms with Crippen molar-refractivity contribution in [3.8, 4) is 17.6 Å². The summed E-state index contributed by atoms with van der Waals surface area (Å²) in [7, 11) is 1.57. The van der Waals surface area contributed by atoms with Crippen LogP contribution in [0.5, 0.6) is 11.5 Å². The first-order chi connectivity index (χ1) is 15.0. The van der Waals surface area contributed by atoms with Gasteiger partial charge < -0.3 is 14.8 Å². The van der Waals surface area contributed by atoms with Crippen LogP contribution in [0.1, 0.15) is 43.7 Å². The molecule has 3 rings (SSSR count). The minimum atomic E-state index is -0.323. The summed E-state index contributed by atoms with van der Waals surface area (Å²) in [4.78, 5) is 12.6. The van der Waals surface area contributed by atoms with Crippen LogP contribution in [0.2, 0.25) is 0 Å². The highest BCUT2D eigenvalue weighted by molar-refractivity contribution is 9.10. The average Bonchev–Trinajstić information content (AvgIpc) is 2.78. The van der Waals surface area contributed by atoms with E-state index in [4.69, 9.17) is 9.47 Å². The summed E-state index contributed by atoms with van der Waals surface area (Å²) >= 11 is 3.42. The Hall–Kier alpha value is -2.78. The van der Waals surface area contributed by atoms with Crippen molar-refractivity contribution in [2.45, 2.75) is 45.3 Å². The molecule has 6 heteroatoms. The molecule has 0 heterocycles. The minimum Gasteiger partial charge on any atom is -0.493 e. The van der Waals surface area contributed by atoms with E-state index in [0.717, 1.165) is 29.3 Å². The van der Waals surface area contributed by atoms with Gasteiger partial charge in [0.1, 0.15) is 18.2 Å². The standard InChI is InChI=1S/C25H27BrN2O3/c1-17-5-3-4-6-22(17)28-25(29)20(15-27)13-19-9-12-23(24(14-19)30-2)31-16-18-7-10-21(26)11-8-18/h7-14,17,22H,3-6,16H2,1-2H3,(H,28,29)/b20-13+/t17-,22+/m0/s1. The predicted molar refractivity (Wildman–Crippen MR) is 125 cm³/mol. The van der Waals surface area contributed by atoms with Gasteiger partial charge in [0.2, 0.25) is 0 Å². The first-order valence-electron chi connectivity index (χ1n) is 10.5. The zero-order valence-electron chi connectivity index (χ0n) is 17.9. The molecule has 31 heavy (non-hydrogen) atoms. The molecule has 1 saturated carbocycles. The van der Waals surface area contributed by atoms with Gasteiger partial charge in [0.25, 0.3) is 5.91 Å². The Morgan fingerprint density at radius 3 is 2.61 bits per heavy atom. The highest BCUT2D eigenvalue weighted by atomic mass is 79.9. The Kier molecular flexibility index (Phi) is 8.13. The van der Waals surface area contributed by atoms with Gasteiger partial charge in [-0.3, -0.25) is 4.79 Å². The largest absolute Gasteiger partial charge is 0.493 e. The maximum absolute atomic E-state index is 12.6. The van der Waals surface area contributed by atoms with Gasteiger partial charge in [0.05, 0.1) is 7.11 Å². The molecule has 0 unspecified atom stereocenters. The van der Waals surface area contributed by atoms with Gasteiger partial charge >= 0.3 is 0 Å². The Balaban J connectivity index is 1.70. The maximum Gasteiger partial charge on any atom is 0.262 e. The lowest BCUT2D eigenvalue weighted by Crippen LogP contribution is -2.41. The van der Waals surface area contributed by atoms with Crippen molar-refractivity contribution in [3.05, 3.63) is 63.6 Å². The van der Waals surface area contributed by atoms with E-state index < -0.39 is 0 Å². The van der Waals surface area contributed by atoms with Crippen molar-refractivity contribution in [1.29, 1.82) is 5.26 Å². The summed E-state index contributed by atoms with van der Waals surface area (Å²) in [5.74, 6) is 1.25. The summed E-state index contributed by atoms with van der Waals surface area (Å²) in [5.41, 5.74) is 1.83. The van der Waals surface area contributed by atoms with Gasteiger partial charge in [-0.15, -0.1) is 0 Å². The van der Waals surface area contributed by atoms with Crippen molar-refractivity contribution in [1.82, 2.24) is 5.32 Å². The number of carbonyl (C=O) groups is 1. The van der Waals surface area contributed by atoms with E-state index in [1.54, 1.807) is 25.3 Å². The number of hydrogen-bond donors (Lipinski definition) is 1. The van der Waals surface area contributed by atoms with E-state index in [2.05, 4.69) is 28.2 Å². The fourth-order valence-electron chi connectivity index (χ4n) is 3.73. The van der Waals surface area contributed by atoms with Crippen molar-refractivity contribution in [2.75, 3.05) is 7.11 Å². The molecule has 2 aromatic rings. The zero-order chi connectivity index (χ0) is 22.2. The number of nitrogens with zero attached hydrogens (tertiary/aromatic N) is 1. The van der Waals surface area contributed by atoms with Crippen LogP contribution in [0.4, 0.5) is 0 Å². The molecule has 5 nitrogen and oxygen atoms in total. The smallest absolute Gasteiger partial charge is 0.262 e. The van der Waals surface area contributed by atoms with E-state index in [-0.39, 0.29) is 17.5 Å². The first-order valence-corrected chi connectivity index (χ1v) is 11.3. The van der Waals surface area contributed by atoms with Crippen molar-refractivity contribution in [2.24, 2.45) is 5.92 Å². The van der Waals surface area contributed by atoms with E-state index in [1.807, 2.05) is 36.4 Å². The van der Waals surface area contributed by atoms with Crippen LogP contribution in [0.25, 0.3) is 6.08 Å². The molecule has 0 saturated heterocycles. The monoisotopic (exact) mass is 482 g/mol. The van der Waals surface area contributed by atoms with Crippen LogP contribution < -0.4 is 14.8 Å². The number of halogens is 1. The van der Waals surface area contributed by atoms with Gasteiger partial charge in [-0.25, -0.2) is 0 Å². The second-order valence-electron chi connectivity index (χ2n) is 7.84. The van der Waals surface area contributed by atoms with Crippen LogP contribution in [-0.4, -0.2) is 19.1 Å². The van der Waals surface area contributed by atoms with Crippen LogP contribution in [0.3, 0.4) is 0 Å². The van der Waals surface area contributed by atoms with Gasteiger partial charge in [0.15, 0.2) is 11.5 Å². The second kappa shape index (κ2) is 11.0. The summed E-state index contributed by atoms with van der Waals surface area (Å²) in [6.45, 7) is 2.56. The quantitative estimate of drug-likeness (QED) is 0.409. The molecule has 0 aromatic heterocycles. The number of rotatable bonds is 7. The number of carbonyl (C=O) groups excluding carboxylic acids is 1. The fourth-order valence-corrected chi connectivity index (χ4v) is 3.99. The number of amides is 1. The molecule has 0 aliphatic heterocycles. The van der Waals surface area contributed by atoms with E-state index in [0.29, 0.717) is 29.6 Å². The van der Waals surface area contributed by atoms with E-state index in [9.17, 15) is 10.1 Å². The topological polar surface area (TPSA) is 71.3 Å². The van der Waals surface area contributed by atoms with Crippen molar-refractivity contribution >= 4 is 27.9 Å². The van der Waals surface area contributed by atoms with Gasteiger partial charge in [-0.1, -0.05) is 53.9 Å². The molecule has 2 atom stereocenters. The summed E-state index contributed by atoms with van der Waals surface area (Å²) in [6, 6.07) is 15.4. The molecule has 1 amide bonds. The molecule has 1 aliphatic rings. The molecule has 1 fully saturated rings. The Morgan fingerprint density at radius 1 is 1.19 bits per heavy atom. The van der Waals surface area contributed by atoms with Crippen molar-refractivity contribution < 1.29 is 14.3 Å². The summed E-state index contributed by atoms with van der Waals surface area (Å²) < 4.78 is 12.4. The van der Waals surface area contributed by atoms with Gasteiger partial charge in [0, 0.05) is 10.5 Å². The van der Waals surface area contributed by atoms with Crippen LogP contribution in [0.15, 0.2) is 52.5 Å². The lowest BCUT2D eigenvalue weighted by atomic mass is 9.86. The predicted octanol–water partition coefficient (Wildman–Crippen LogP) is 5.64. The second-order valence-corrected chi connectivity index (χ2v) is 8.75. The SMILES string of the molecule is COc1cc(/C=C(\C#N)C(=O)N[C@@H]2CCCC[C@@H]2C)ccc1OCc1ccc(Br)cc1. The number of nitrogens with one attached hydrogen (secondary N) is 1. The number of hydrogen-bond acceptors (Lipinski definition) is 4. The normalized spacial score (nSPS) is 18.7. The van der Waals surface area contributed by atoms with E-state index >= 15 is 0 Å². The third-order valence-electron chi connectivity index (χ3n) is 5.60.